The van der Waals surface area contributed by atoms with Crippen LogP contribution in [-0.2, 0) is 20.7 Å². The van der Waals surface area contributed by atoms with Crippen LogP contribution in [0, 0.1) is 10.1 Å². The number of benzene rings is 1. The molecule has 0 bridgehead atoms. The molecule has 0 unspecified atom stereocenters. The molecule has 0 spiro atoms. The van der Waals surface area contributed by atoms with Crippen LogP contribution in [0.25, 0.3) is 0 Å². The molecule has 7 heteroatoms. The molecule has 0 fully saturated rings. The van der Waals surface area contributed by atoms with Crippen molar-refractivity contribution in [1.29, 1.82) is 0 Å². The molecule has 0 aliphatic carbocycles. The van der Waals surface area contributed by atoms with Crippen molar-refractivity contribution in [2.75, 3.05) is 19.7 Å². The Morgan fingerprint density at radius 3 is 2.70 bits per heavy atom. The summed E-state index contributed by atoms with van der Waals surface area (Å²) in [5, 5.41) is 11.0. The van der Waals surface area contributed by atoms with Gasteiger partial charge in [-0.25, -0.2) is 0 Å². The molecule has 0 saturated heterocycles. The van der Waals surface area contributed by atoms with Crippen molar-refractivity contribution in [2.45, 2.75) is 19.8 Å². The summed E-state index contributed by atoms with van der Waals surface area (Å²) in [5.74, 6) is -0.691. The van der Waals surface area contributed by atoms with Crippen LogP contribution in [0.4, 0.5) is 5.69 Å². The molecule has 1 aromatic carbocycles. The monoisotopic (exact) mass is 320 g/mol. The van der Waals surface area contributed by atoms with Gasteiger partial charge in [0.1, 0.15) is 0 Å². The molecule has 124 valence electrons. The van der Waals surface area contributed by atoms with Crippen molar-refractivity contribution in [3.05, 3.63) is 52.6 Å². The van der Waals surface area contributed by atoms with Crippen LogP contribution < -0.4 is 0 Å². The lowest BCUT2D eigenvalue weighted by molar-refractivity contribution is -0.385. The summed E-state index contributed by atoms with van der Waals surface area (Å²) in [6, 6.07) is 6.10. The normalized spacial score (nSPS) is 9.96. The van der Waals surface area contributed by atoms with Gasteiger partial charge >= 0.3 is 5.97 Å². The largest absolute Gasteiger partial charge is 0.466 e. The zero-order valence-electron chi connectivity index (χ0n) is 13.1. The van der Waals surface area contributed by atoms with Crippen LogP contribution in [-0.4, -0.2) is 41.4 Å². The van der Waals surface area contributed by atoms with Gasteiger partial charge in [0.25, 0.3) is 5.69 Å². The molecule has 1 rings (SSSR count). The highest BCUT2D eigenvalue weighted by molar-refractivity contribution is 5.80. The molecule has 0 saturated carbocycles. The highest BCUT2D eigenvalue weighted by Gasteiger charge is 2.19. The molecule has 0 heterocycles. The Hall–Kier alpha value is -2.70. The Balaban J connectivity index is 2.76. The quantitative estimate of drug-likeness (QED) is 0.301. The van der Waals surface area contributed by atoms with Crippen molar-refractivity contribution >= 4 is 17.6 Å². The first-order valence-electron chi connectivity index (χ1n) is 7.26. The summed E-state index contributed by atoms with van der Waals surface area (Å²) in [4.78, 5) is 35.7. The third kappa shape index (κ3) is 5.90. The SMILES string of the molecule is C=CCN(CCC(=O)OCC)C(=O)Cc1ccccc1[N+](=O)[O-]. The zero-order chi connectivity index (χ0) is 17.2. The second kappa shape index (κ2) is 9.34. The van der Waals surface area contributed by atoms with Gasteiger partial charge in [-0.15, -0.1) is 6.58 Å². The van der Waals surface area contributed by atoms with E-state index in [0.717, 1.165) is 0 Å². The fourth-order valence-electron chi connectivity index (χ4n) is 2.05. The third-order valence-electron chi connectivity index (χ3n) is 3.12. The van der Waals surface area contributed by atoms with E-state index in [2.05, 4.69) is 6.58 Å². The summed E-state index contributed by atoms with van der Waals surface area (Å²) >= 11 is 0. The molecular formula is C16H20N2O5. The van der Waals surface area contributed by atoms with Crippen LogP contribution in [0.1, 0.15) is 18.9 Å². The van der Waals surface area contributed by atoms with Gasteiger partial charge in [0, 0.05) is 24.7 Å². The van der Waals surface area contributed by atoms with Gasteiger partial charge in [0.15, 0.2) is 0 Å². The molecular weight excluding hydrogens is 300 g/mol. The average molecular weight is 320 g/mol. The minimum absolute atomic E-state index is 0.0737. The Labute approximate surface area is 134 Å². The molecule has 0 atom stereocenters. The van der Waals surface area contributed by atoms with E-state index in [0.29, 0.717) is 5.56 Å². The number of amides is 1. The van der Waals surface area contributed by atoms with E-state index in [4.69, 9.17) is 4.74 Å². The summed E-state index contributed by atoms with van der Waals surface area (Å²) < 4.78 is 4.83. The number of carbonyl (C=O) groups excluding carboxylic acids is 2. The van der Waals surface area contributed by atoms with E-state index >= 15 is 0 Å². The van der Waals surface area contributed by atoms with Crippen LogP contribution >= 0.6 is 0 Å². The second-order valence-corrected chi connectivity index (χ2v) is 4.75. The Bertz CT molecular complexity index is 586. The predicted molar refractivity (Wildman–Crippen MR) is 84.8 cm³/mol. The van der Waals surface area contributed by atoms with Gasteiger partial charge in [-0.2, -0.15) is 0 Å². The van der Waals surface area contributed by atoms with Gasteiger partial charge in [0.05, 0.1) is 24.4 Å². The Morgan fingerprint density at radius 2 is 2.09 bits per heavy atom. The van der Waals surface area contributed by atoms with Gasteiger partial charge < -0.3 is 9.64 Å². The van der Waals surface area contributed by atoms with Crippen LogP contribution in [0.15, 0.2) is 36.9 Å². The van der Waals surface area contributed by atoms with Crippen LogP contribution in [0.2, 0.25) is 0 Å². The smallest absolute Gasteiger partial charge is 0.307 e. The molecule has 1 amide bonds. The van der Waals surface area contributed by atoms with Crippen molar-refractivity contribution in [3.8, 4) is 0 Å². The fraction of sp³-hybridized carbons (Fsp3) is 0.375. The van der Waals surface area contributed by atoms with E-state index in [-0.39, 0.29) is 50.1 Å². The Kier molecular flexibility index (Phi) is 7.45. The molecule has 1 aromatic rings. The number of esters is 1. The lowest BCUT2D eigenvalue weighted by atomic mass is 10.1. The minimum atomic E-state index is -0.515. The minimum Gasteiger partial charge on any atom is -0.466 e. The van der Waals surface area contributed by atoms with Gasteiger partial charge in [-0.1, -0.05) is 24.3 Å². The summed E-state index contributed by atoms with van der Waals surface area (Å²) in [6.07, 6.45) is 1.51. The highest BCUT2D eigenvalue weighted by atomic mass is 16.6. The van der Waals surface area contributed by atoms with Gasteiger partial charge in [-0.05, 0) is 6.92 Å². The van der Waals surface area contributed by atoms with Gasteiger partial charge in [0.2, 0.25) is 5.91 Å². The number of nitrogens with zero attached hydrogens (tertiary/aromatic N) is 2. The van der Waals surface area contributed by atoms with Crippen molar-refractivity contribution < 1.29 is 19.2 Å². The van der Waals surface area contributed by atoms with E-state index in [1.807, 2.05) is 0 Å². The number of para-hydroxylation sites is 1. The standard InChI is InChI=1S/C16H20N2O5/c1-3-10-17(11-9-16(20)23-4-2)15(19)12-13-7-5-6-8-14(13)18(21)22/h3,5-8H,1,4,9-12H2,2H3. The Morgan fingerprint density at radius 1 is 1.39 bits per heavy atom. The topological polar surface area (TPSA) is 89.8 Å². The van der Waals surface area contributed by atoms with E-state index < -0.39 is 4.92 Å². The maximum absolute atomic E-state index is 12.4. The number of ether oxygens (including phenoxy) is 1. The number of hydrogen-bond acceptors (Lipinski definition) is 5. The first-order valence-corrected chi connectivity index (χ1v) is 7.26. The first-order chi connectivity index (χ1) is 11.0. The number of nitro benzene ring substituents is 1. The maximum atomic E-state index is 12.4. The van der Waals surface area contributed by atoms with Crippen LogP contribution in [0.3, 0.4) is 0 Å². The average Bonchev–Trinajstić information content (AvgIpc) is 2.51. The molecule has 7 nitrogen and oxygen atoms in total. The molecule has 23 heavy (non-hydrogen) atoms. The molecule has 0 aliphatic heterocycles. The number of hydrogen-bond donors (Lipinski definition) is 0. The first kappa shape index (κ1) is 18.3. The van der Waals surface area contributed by atoms with E-state index in [1.54, 1.807) is 31.2 Å². The summed E-state index contributed by atoms with van der Waals surface area (Å²) in [6.45, 7) is 6.02. The third-order valence-corrected chi connectivity index (χ3v) is 3.12. The van der Waals surface area contributed by atoms with Gasteiger partial charge in [-0.3, -0.25) is 19.7 Å². The van der Waals surface area contributed by atoms with E-state index in [1.165, 1.54) is 11.0 Å². The molecule has 0 aliphatic rings. The van der Waals surface area contributed by atoms with E-state index in [9.17, 15) is 19.7 Å². The molecule has 0 N–H and O–H groups in total. The number of carbonyl (C=O) groups is 2. The summed E-state index contributed by atoms with van der Waals surface area (Å²) in [7, 11) is 0. The lowest BCUT2D eigenvalue weighted by Crippen LogP contribution is -2.34. The lowest BCUT2D eigenvalue weighted by Gasteiger charge is -2.20. The maximum Gasteiger partial charge on any atom is 0.307 e. The highest BCUT2D eigenvalue weighted by Crippen LogP contribution is 2.18. The second-order valence-electron chi connectivity index (χ2n) is 4.75. The molecule has 0 aromatic heterocycles. The summed E-state index contributed by atoms with van der Waals surface area (Å²) in [5.41, 5.74) is 0.248. The van der Waals surface area contributed by atoms with Crippen molar-refractivity contribution in [1.82, 2.24) is 4.90 Å². The predicted octanol–water partition coefficient (Wildman–Crippen LogP) is 2.11. The molecule has 0 radical (unpaired) electrons. The van der Waals surface area contributed by atoms with Crippen molar-refractivity contribution in [2.24, 2.45) is 0 Å². The van der Waals surface area contributed by atoms with Crippen LogP contribution in [0.5, 0.6) is 0 Å². The zero-order valence-corrected chi connectivity index (χ0v) is 13.1. The number of nitro groups is 1. The number of rotatable bonds is 9. The fourth-order valence-corrected chi connectivity index (χ4v) is 2.05. The van der Waals surface area contributed by atoms with Crippen molar-refractivity contribution in [3.63, 3.8) is 0 Å².